The minimum atomic E-state index is 0.228. The topological polar surface area (TPSA) is 41.7 Å². The van der Waals surface area contributed by atoms with Crippen LogP contribution in [-0.2, 0) is 0 Å². The van der Waals surface area contributed by atoms with Gasteiger partial charge in [-0.1, -0.05) is 32.9 Å². The van der Waals surface area contributed by atoms with Gasteiger partial charge in [0.05, 0.1) is 11.0 Å². The van der Waals surface area contributed by atoms with Gasteiger partial charge in [-0.25, -0.2) is 4.98 Å². The first kappa shape index (κ1) is 11.8. The highest BCUT2D eigenvalue weighted by atomic mass is 15.1. The molecule has 0 fully saturated rings. The lowest BCUT2D eigenvalue weighted by atomic mass is 9.96. The van der Waals surface area contributed by atoms with Gasteiger partial charge in [0.25, 0.3) is 0 Å². The van der Waals surface area contributed by atoms with Gasteiger partial charge >= 0.3 is 0 Å². The minimum absolute atomic E-state index is 0.228. The van der Waals surface area contributed by atoms with Crippen LogP contribution in [-0.4, -0.2) is 15.4 Å². The first-order valence-corrected chi connectivity index (χ1v) is 6.05. The molecule has 0 saturated carbocycles. The van der Waals surface area contributed by atoms with Gasteiger partial charge in [0.15, 0.2) is 0 Å². The molecule has 0 spiro atoms. The summed E-state index contributed by atoms with van der Waals surface area (Å²) in [5.41, 5.74) is 1.99. The molecule has 3 heteroatoms. The average Bonchev–Trinajstić information content (AvgIpc) is 2.62. The van der Waals surface area contributed by atoms with Crippen molar-refractivity contribution in [1.82, 2.24) is 9.55 Å². The zero-order valence-corrected chi connectivity index (χ0v) is 10.9. The number of benzene rings is 1. The van der Waals surface area contributed by atoms with Crippen molar-refractivity contribution in [2.75, 3.05) is 0 Å². The molecule has 1 unspecified atom stereocenters. The second-order valence-corrected chi connectivity index (χ2v) is 4.90. The van der Waals surface area contributed by atoms with Gasteiger partial charge in [-0.2, -0.15) is 0 Å². The maximum Gasteiger partial charge on any atom is 0.112 e. The van der Waals surface area contributed by atoms with Crippen molar-refractivity contribution in [1.29, 1.82) is 5.41 Å². The lowest BCUT2D eigenvalue weighted by molar-refractivity contribution is 0.519. The summed E-state index contributed by atoms with van der Waals surface area (Å²) in [6.07, 6.45) is 0. The summed E-state index contributed by atoms with van der Waals surface area (Å²) in [6, 6.07) is 7.99. The van der Waals surface area contributed by atoms with E-state index in [2.05, 4.69) is 25.8 Å². The van der Waals surface area contributed by atoms with E-state index in [0.717, 1.165) is 16.9 Å². The van der Waals surface area contributed by atoms with Crippen LogP contribution in [0.2, 0.25) is 0 Å². The fourth-order valence-electron chi connectivity index (χ4n) is 1.97. The Labute approximate surface area is 102 Å². The molecule has 2 rings (SSSR count). The fraction of sp³-hybridized carbons (Fsp3) is 0.429. The highest BCUT2D eigenvalue weighted by Crippen LogP contribution is 2.20. The predicted octanol–water partition coefficient (Wildman–Crippen LogP) is 3.46. The van der Waals surface area contributed by atoms with Crippen molar-refractivity contribution in [3.63, 3.8) is 0 Å². The molecule has 90 valence electrons. The van der Waals surface area contributed by atoms with Crippen LogP contribution in [0.4, 0.5) is 0 Å². The van der Waals surface area contributed by atoms with Crippen LogP contribution >= 0.6 is 0 Å². The molecule has 1 aromatic heterocycles. The Balaban J connectivity index is 2.55. The van der Waals surface area contributed by atoms with E-state index in [-0.39, 0.29) is 5.92 Å². The molecular weight excluding hydrogens is 210 g/mol. The summed E-state index contributed by atoms with van der Waals surface area (Å²) >= 11 is 0. The van der Waals surface area contributed by atoms with E-state index in [0.29, 0.717) is 11.8 Å². The van der Waals surface area contributed by atoms with Gasteiger partial charge in [-0.3, -0.25) is 9.98 Å². The Morgan fingerprint density at radius 1 is 1.24 bits per heavy atom. The number of fused-ring (bicyclic) bond motifs is 1. The quantitative estimate of drug-likeness (QED) is 0.622. The Hall–Kier alpha value is -1.64. The Bertz CT molecular complexity index is 552. The summed E-state index contributed by atoms with van der Waals surface area (Å²) in [4.78, 5) is 4.50. The third-order valence-electron chi connectivity index (χ3n) is 3.40. The highest BCUT2D eigenvalue weighted by Gasteiger charge is 2.18. The van der Waals surface area contributed by atoms with Gasteiger partial charge in [-0.15, -0.1) is 0 Å². The summed E-state index contributed by atoms with van der Waals surface area (Å²) < 4.78 is 1.96. The smallest absolute Gasteiger partial charge is 0.112 e. The molecule has 1 N–H and O–H groups in total. The summed E-state index contributed by atoms with van der Waals surface area (Å²) in [5.74, 6) is 2.21. The molecule has 2 aromatic rings. The standard InChI is InChI=1S/C14H19N3/c1-9(2)10(3)14(15)17-11(4)16-12-7-5-6-8-13(12)17/h5-10,15H,1-4H3. The third-order valence-corrected chi connectivity index (χ3v) is 3.40. The maximum atomic E-state index is 8.33. The molecule has 0 amide bonds. The number of aromatic nitrogens is 2. The zero-order chi connectivity index (χ0) is 12.6. The van der Waals surface area contributed by atoms with E-state index in [1.54, 1.807) is 0 Å². The van der Waals surface area contributed by atoms with Crippen LogP contribution in [0, 0.1) is 24.2 Å². The number of nitrogens with zero attached hydrogens (tertiary/aromatic N) is 2. The van der Waals surface area contributed by atoms with Crippen molar-refractivity contribution in [2.45, 2.75) is 27.7 Å². The number of rotatable bonds is 2. The van der Waals surface area contributed by atoms with Crippen molar-refractivity contribution in [2.24, 2.45) is 11.8 Å². The van der Waals surface area contributed by atoms with E-state index in [4.69, 9.17) is 5.41 Å². The lowest BCUT2D eigenvalue weighted by Gasteiger charge is -2.19. The number of para-hydroxylation sites is 2. The highest BCUT2D eigenvalue weighted by molar-refractivity contribution is 5.93. The van der Waals surface area contributed by atoms with Gasteiger partial charge in [0.2, 0.25) is 0 Å². The molecule has 17 heavy (non-hydrogen) atoms. The van der Waals surface area contributed by atoms with Crippen LogP contribution in [0.15, 0.2) is 24.3 Å². The predicted molar refractivity (Wildman–Crippen MR) is 71.6 cm³/mol. The molecule has 1 atom stereocenters. The Kier molecular flexibility index (Phi) is 3.01. The molecule has 1 heterocycles. The average molecular weight is 229 g/mol. The van der Waals surface area contributed by atoms with Crippen molar-refractivity contribution in [3.8, 4) is 0 Å². The number of hydrogen-bond donors (Lipinski definition) is 1. The molecule has 0 aliphatic heterocycles. The second-order valence-electron chi connectivity index (χ2n) is 4.90. The number of nitrogens with one attached hydrogen (secondary N) is 1. The molecule has 3 nitrogen and oxygen atoms in total. The van der Waals surface area contributed by atoms with Crippen LogP contribution < -0.4 is 0 Å². The normalized spacial score (nSPS) is 13.2. The second kappa shape index (κ2) is 4.32. The van der Waals surface area contributed by atoms with Gasteiger partial charge in [-0.05, 0) is 25.0 Å². The van der Waals surface area contributed by atoms with Gasteiger partial charge < -0.3 is 0 Å². The van der Waals surface area contributed by atoms with Crippen LogP contribution in [0.3, 0.4) is 0 Å². The molecule has 0 bridgehead atoms. The van der Waals surface area contributed by atoms with E-state index in [9.17, 15) is 0 Å². The van der Waals surface area contributed by atoms with Crippen LogP contribution in [0.25, 0.3) is 11.0 Å². The first-order chi connectivity index (χ1) is 8.02. The largest absolute Gasteiger partial charge is 0.288 e. The number of imidazole rings is 1. The monoisotopic (exact) mass is 229 g/mol. The van der Waals surface area contributed by atoms with Crippen molar-refractivity contribution in [3.05, 3.63) is 30.1 Å². The molecule has 0 aliphatic rings. The number of hydrogen-bond acceptors (Lipinski definition) is 2. The summed E-state index contributed by atoms with van der Waals surface area (Å²) in [5, 5.41) is 8.33. The minimum Gasteiger partial charge on any atom is -0.288 e. The van der Waals surface area contributed by atoms with Gasteiger partial charge in [0, 0.05) is 5.92 Å². The summed E-state index contributed by atoms with van der Waals surface area (Å²) in [6.45, 7) is 8.35. The van der Waals surface area contributed by atoms with E-state index >= 15 is 0 Å². The molecule has 0 radical (unpaired) electrons. The van der Waals surface area contributed by atoms with E-state index < -0.39 is 0 Å². The van der Waals surface area contributed by atoms with E-state index in [1.807, 2.05) is 35.8 Å². The molecule has 1 aromatic carbocycles. The molecular formula is C14H19N3. The van der Waals surface area contributed by atoms with Crippen LogP contribution in [0.1, 0.15) is 26.6 Å². The lowest BCUT2D eigenvalue weighted by Crippen LogP contribution is -2.24. The third kappa shape index (κ3) is 1.97. The fourth-order valence-corrected chi connectivity index (χ4v) is 1.97. The maximum absolute atomic E-state index is 8.33. The first-order valence-electron chi connectivity index (χ1n) is 6.05. The van der Waals surface area contributed by atoms with Crippen molar-refractivity contribution >= 4 is 16.9 Å². The van der Waals surface area contributed by atoms with Crippen molar-refractivity contribution < 1.29 is 0 Å². The molecule has 0 aliphatic carbocycles. The molecule has 0 saturated heterocycles. The van der Waals surface area contributed by atoms with Crippen LogP contribution in [0.5, 0.6) is 0 Å². The van der Waals surface area contributed by atoms with Gasteiger partial charge in [0.1, 0.15) is 11.7 Å². The Morgan fingerprint density at radius 2 is 1.88 bits per heavy atom. The zero-order valence-electron chi connectivity index (χ0n) is 10.9. The van der Waals surface area contributed by atoms with E-state index in [1.165, 1.54) is 0 Å². The SMILES string of the molecule is Cc1nc2ccccc2n1C(=N)C(C)C(C)C. The number of aryl methyl sites for hydroxylation is 1. The Morgan fingerprint density at radius 3 is 2.53 bits per heavy atom. The summed E-state index contributed by atoms with van der Waals surface area (Å²) in [7, 11) is 0.